The molecule has 1 unspecified atom stereocenters. The lowest BCUT2D eigenvalue weighted by Crippen LogP contribution is -2.27. The Morgan fingerprint density at radius 2 is 2.12 bits per heavy atom. The summed E-state index contributed by atoms with van der Waals surface area (Å²) >= 11 is 12.1. The van der Waals surface area contributed by atoms with E-state index in [-0.39, 0.29) is 17.6 Å². The van der Waals surface area contributed by atoms with Crippen LogP contribution in [0, 0.1) is 6.92 Å². The largest absolute Gasteiger partial charge is 0.355 e. The number of amides is 1. The quantitative estimate of drug-likeness (QED) is 0.684. The number of nitrogens with zero attached hydrogens (tertiary/aromatic N) is 3. The van der Waals surface area contributed by atoms with Gasteiger partial charge in [-0.2, -0.15) is 5.10 Å². The summed E-state index contributed by atoms with van der Waals surface area (Å²) in [7, 11) is 0. The molecule has 0 bridgehead atoms. The fourth-order valence-corrected chi connectivity index (χ4v) is 3.17. The zero-order chi connectivity index (χ0) is 18.8. The highest BCUT2D eigenvalue weighted by Crippen LogP contribution is 2.30. The smallest absolute Gasteiger partial charge is 0.273 e. The number of hydrogen-bond acceptors (Lipinski definition) is 4. The van der Waals surface area contributed by atoms with E-state index in [9.17, 15) is 4.79 Å². The second-order valence-electron chi connectivity index (χ2n) is 5.92. The second kappa shape index (κ2) is 7.51. The predicted octanol–water partition coefficient (Wildman–Crippen LogP) is 4.66. The molecule has 3 aromatic rings. The van der Waals surface area contributed by atoms with Crippen LogP contribution >= 0.6 is 23.2 Å². The summed E-state index contributed by atoms with van der Waals surface area (Å²) in [6.07, 6.45) is 1.93. The molecule has 0 aliphatic rings. The number of aromatic nitrogens is 3. The van der Waals surface area contributed by atoms with Crippen LogP contribution in [0.4, 0.5) is 0 Å². The van der Waals surface area contributed by atoms with Gasteiger partial charge in [-0.05, 0) is 39.0 Å². The monoisotopic (exact) mass is 392 g/mol. The van der Waals surface area contributed by atoms with Crippen molar-refractivity contribution in [3.63, 3.8) is 0 Å². The van der Waals surface area contributed by atoms with Gasteiger partial charge in [-0.15, -0.1) is 0 Å². The Morgan fingerprint density at radius 1 is 1.35 bits per heavy atom. The van der Waals surface area contributed by atoms with E-state index in [4.69, 9.17) is 27.7 Å². The minimum atomic E-state index is -0.332. The fraction of sp³-hybridized carbons (Fsp3) is 0.278. The molecule has 2 heterocycles. The van der Waals surface area contributed by atoms with Gasteiger partial charge in [0, 0.05) is 35.0 Å². The van der Waals surface area contributed by atoms with E-state index >= 15 is 0 Å². The van der Waals surface area contributed by atoms with Crippen LogP contribution in [0.1, 0.15) is 41.6 Å². The minimum Gasteiger partial charge on any atom is -0.355 e. The van der Waals surface area contributed by atoms with Crippen LogP contribution in [0.3, 0.4) is 0 Å². The molecule has 0 saturated heterocycles. The number of aryl methyl sites for hydroxylation is 2. The highest BCUT2D eigenvalue weighted by atomic mass is 35.5. The number of nitrogens with one attached hydrogen (secondary N) is 1. The Kier molecular flexibility index (Phi) is 5.34. The van der Waals surface area contributed by atoms with Gasteiger partial charge in [-0.3, -0.25) is 9.48 Å². The fourth-order valence-electron chi connectivity index (χ4n) is 2.67. The number of halogens is 2. The third-order valence-corrected chi connectivity index (χ3v) is 4.61. The molecule has 0 spiro atoms. The first-order valence-corrected chi connectivity index (χ1v) is 8.91. The Balaban J connectivity index is 1.76. The van der Waals surface area contributed by atoms with Crippen LogP contribution in [-0.2, 0) is 6.54 Å². The number of rotatable bonds is 5. The molecule has 1 atom stereocenters. The van der Waals surface area contributed by atoms with Crippen molar-refractivity contribution in [2.24, 2.45) is 0 Å². The Hall–Kier alpha value is -2.31. The van der Waals surface area contributed by atoms with E-state index in [1.54, 1.807) is 24.3 Å². The average Bonchev–Trinajstić information content (AvgIpc) is 3.21. The minimum absolute atomic E-state index is 0.179. The van der Waals surface area contributed by atoms with Gasteiger partial charge in [0.25, 0.3) is 5.91 Å². The van der Waals surface area contributed by atoms with E-state index in [0.717, 1.165) is 17.8 Å². The van der Waals surface area contributed by atoms with Gasteiger partial charge < -0.3 is 9.84 Å². The summed E-state index contributed by atoms with van der Waals surface area (Å²) in [6, 6.07) is 6.37. The average molecular weight is 393 g/mol. The molecule has 0 aliphatic carbocycles. The van der Waals surface area contributed by atoms with Gasteiger partial charge in [0.2, 0.25) is 0 Å². The van der Waals surface area contributed by atoms with Crippen molar-refractivity contribution < 1.29 is 9.32 Å². The van der Waals surface area contributed by atoms with Crippen molar-refractivity contribution in [3.8, 4) is 11.3 Å². The van der Waals surface area contributed by atoms with Crippen LogP contribution in [0.5, 0.6) is 0 Å². The zero-order valence-electron chi connectivity index (χ0n) is 14.6. The van der Waals surface area contributed by atoms with E-state index in [2.05, 4.69) is 15.6 Å². The number of benzene rings is 1. The predicted molar refractivity (Wildman–Crippen MR) is 100 cm³/mol. The lowest BCUT2D eigenvalue weighted by molar-refractivity contribution is 0.0930. The van der Waals surface area contributed by atoms with Crippen molar-refractivity contribution >= 4 is 29.1 Å². The maximum absolute atomic E-state index is 12.5. The first-order valence-electron chi connectivity index (χ1n) is 8.16. The molecule has 6 nitrogen and oxygen atoms in total. The molecule has 0 aliphatic heterocycles. The van der Waals surface area contributed by atoms with E-state index in [1.807, 2.05) is 31.6 Å². The molecule has 1 N–H and O–H groups in total. The zero-order valence-corrected chi connectivity index (χ0v) is 16.1. The van der Waals surface area contributed by atoms with Gasteiger partial charge in [0.15, 0.2) is 11.5 Å². The molecular weight excluding hydrogens is 375 g/mol. The third kappa shape index (κ3) is 3.76. The molecule has 2 aromatic heterocycles. The van der Waals surface area contributed by atoms with Crippen molar-refractivity contribution in [1.29, 1.82) is 0 Å². The van der Waals surface area contributed by atoms with Gasteiger partial charge in [0.1, 0.15) is 0 Å². The first kappa shape index (κ1) is 18.5. The molecule has 136 valence electrons. The van der Waals surface area contributed by atoms with Crippen molar-refractivity contribution in [2.45, 2.75) is 33.4 Å². The van der Waals surface area contributed by atoms with Crippen LogP contribution < -0.4 is 5.32 Å². The number of carbonyl (C=O) groups excluding carboxylic acids is 1. The Bertz CT molecular complexity index is 949. The van der Waals surface area contributed by atoms with Gasteiger partial charge in [0.05, 0.1) is 16.8 Å². The van der Waals surface area contributed by atoms with Crippen molar-refractivity contribution in [1.82, 2.24) is 20.3 Å². The van der Waals surface area contributed by atoms with Gasteiger partial charge >= 0.3 is 0 Å². The first-order chi connectivity index (χ1) is 12.4. The van der Waals surface area contributed by atoms with E-state index in [0.29, 0.717) is 21.4 Å². The highest BCUT2D eigenvalue weighted by molar-refractivity contribution is 6.36. The highest BCUT2D eigenvalue weighted by Gasteiger charge is 2.19. The van der Waals surface area contributed by atoms with Gasteiger partial charge in [-0.25, -0.2) is 0 Å². The van der Waals surface area contributed by atoms with Crippen LogP contribution in [0.15, 0.2) is 35.0 Å². The summed E-state index contributed by atoms with van der Waals surface area (Å²) in [5, 5.41) is 12.1. The summed E-state index contributed by atoms with van der Waals surface area (Å²) in [6.45, 7) is 6.61. The van der Waals surface area contributed by atoms with Crippen LogP contribution in [0.2, 0.25) is 10.0 Å². The molecule has 3 rings (SSSR count). The molecular formula is C18H18Cl2N4O2. The third-order valence-electron chi connectivity index (χ3n) is 4.06. The lowest BCUT2D eigenvalue weighted by Gasteiger charge is -2.11. The molecule has 8 heteroatoms. The molecule has 26 heavy (non-hydrogen) atoms. The molecule has 1 aromatic carbocycles. The summed E-state index contributed by atoms with van der Waals surface area (Å²) < 4.78 is 7.11. The second-order valence-corrected chi connectivity index (χ2v) is 6.76. The normalized spacial score (nSPS) is 12.2. The van der Waals surface area contributed by atoms with Crippen LogP contribution in [0.25, 0.3) is 11.3 Å². The Morgan fingerprint density at radius 3 is 2.77 bits per heavy atom. The van der Waals surface area contributed by atoms with Crippen LogP contribution in [-0.4, -0.2) is 20.8 Å². The molecule has 1 amide bonds. The molecule has 0 radical (unpaired) electrons. The van der Waals surface area contributed by atoms with Crippen molar-refractivity contribution in [3.05, 3.63) is 57.5 Å². The summed E-state index contributed by atoms with van der Waals surface area (Å²) in [5.41, 5.74) is 2.65. The maximum Gasteiger partial charge on any atom is 0.273 e. The molecule has 0 fully saturated rings. The topological polar surface area (TPSA) is 73.0 Å². The Labute approximate surface area is 161 Å². The number of hydrogen-bond donors (Lipinski definition) is 1. The van der Waals surface area contributed by atoms with E-state index in [1.165, 1.54) is 0 Å². The lowest BCUT2D eigenvalue weighted by atomic mass is 10.1. The maximum atomic E-state index is 12.5. The SMILES string of the molecule is CCn1cc(C(C)NC(=O)c2cc(-c3ccc(Cl)cc3Cl)on2)c(C)n1. The van der Waals surface area contributed by atoms with Crippen molar-refractivity contribution in [2.75, 3.05) is 0 Å². The summed E-state index contributed by atoms with van der Waals surface area (Å²) in [5.74, 6) is 0.0701. The summed E-state index contributed by atoms with van der Waals surface area (Å²) in [4.78, 5) is 12.5. The standard InChI is InChI=1S/C18H18Cl2N4O2/c1-4-24-9-14(11(3)22-24)10(2)21-18(25)16-8-17(26-23-16)13-6-5-12(19)7-15(13)20/h5-10H,4H2,1-3H3,(H,21,25). The molecule has 0 saturated carbocycles. The number of carbonyl (C=O) groups is 1. The van der Waals surface area contributed by atoms with Gasteiger partial charge in [-0.1, -0.05) is 28.4 Å². The van der Waals surface area contributed by atoms with E-state index < -0.39 is 0 Å².